The lowest BCUT2D eigenvalue weighted by Gasteiger charge is -2.15. The summed E-state index contributed by atoms with van der Waals surface area (Å²) in [4.78, 5) is 58.7. The molecule has 0 bridgehead atoms. The second kappa shape index (κ2) is 14.0. The predicted octanol–water partition coefficient (Wildman–Crippen LogP) is 0.210. The van der Waals surface area contributed by atoms with Crippen LogP contribution in [0.1, 0.15) is 17.5 Å². The lowest BCUT2D eigenvalue weighted by Crippen LogP contribution is -2.48. The molecule has 10 nitrogen and oxygen atoms in total. The summed E-state index contributed by atoms with van der Waals surface area (Å²) in [5.41, 5.74) is 1.59. The van der Waals surface area contributed by atoms with Gasteiger partial charge in [-0.15, -0.1) is 0 Å². The van der Waals surface area contributed by atoms with Crippen LogP contribution >= 0.6 is 0 Å². The standard InChI is InChI=1S/C23H25N3O7/c27-16-26-19(23(31)25-13-22(30)33-15-18-9-5-2-6-10-18)11-20(28)24-12-21(29)32-14-17-7-3-1-4-8-17/h1-10,16,19H,11-15H2,(H,24,28)(H,25,31)(H,26,27). The molecule has 0 saturated carbocycles. The normalized spacial score (nSPS) is 10.9. The Balaban J connectivity index is 1.69. The summed E-state index contributed by atoms with van der Waals surface area (Å²) in [6.45, 7) is -0.717. The van der Waals surface area contributed by atoms with Crippen LogP contribution in [-0.2, 0) is 46.7 Å². The Morgan fingerprint density at radius 1 is 0.758 bits per heavy atom. The van der Waals surface area contributed by atoms with Gasteiger partial charge in [-0.3, -0.25) is 24.0 Å². The van der Waals surface area contributed by atoms with Gasteiger partial charge in [0.05, 0.1) is 6.42 Å². The fourth-order valence-corrected chi connectivity index (χ4v) is 2.60. The van der Waals surface area contributed by atoms with Crippen LogP contribution in [0.25, 0.3) is 0 Å². The zero-order valence-corrected chi connectivity index (χ0v) is 17.8. The SMILES string of the molecule is O=CNC(CC(=O)NCC(=O)OCc1ccccc1)C(=O)NCC(=O)OCc1ccccc1. The van der Waals surface area contributed by atoms with Crippen LogP contribution in [-0.4, -0.2) is 49.3 Å². The maximum Gasteiger partial charge on any atom is 0.325 e. The number of amides is 3. The highest BCUT2D eigenvalue weighted by atomic mass is 16.5. The van der Waals surface area contributed by atoms with E-state index in [1.807, 2.05) is 12.1 Å². The molecule has 0 aromatic heterocycles. The van der Waals surface area contributed by atoms with Crippen molar-refractivity contribution in [3.63, 3.8) is 0 Å². The molecule has 0 radical (unpaired) electrons. The molecule has 0 aliphatic carbocycles. The number of nitrogens with one attached hydrogen (secondary N) is 3. The fraction of sp³-hybridized carbons (Fsp3) is 0.261. The second-order valence-electron chi connectivity index (χ2n) is 6.83. The van der Waals surface area contributed by atoms with E-state index >= 15 is 0 Å². The number of esters is 2. The van der Waals surface area contributed by atoms with Crippen molar-refractivity contribution in [3.8, 4) is 0 Å². The van der Waals surface area contributed by atoms with Crippen molar-refractivity contribution in [2.24, 2.45) is 0 Å². The zero-order valence-electron chi connectivity index (χ0n) is 17.8. The second-order valence-corrected chi connectivity index (χ2v) is 6.83. The molecule has 2 aromatic rings. The highest BCUT2D eigenvalue weighted by molar-refractivity contribution is 5.92. The Bertz CT molecular complexity index is 936. The zero-order chi connectivity index (χ0) is 23.9. The Labute approximate surface area is 190 Å². The summed E-state index contributed by atoms with van der Waals surface area (Å²) < 4.78 is 10.1. The summed E-state index contributed by atoms with van der Waals surface area (Å²) in [6, 6.07) is 16.8. The average Bonchev–Trinajstić information content (AvgIpc) is 2.84. The molecule has 3 amide bonds. The molecule has 0 aliphatic rings. The Hall–Kier alpha value is -4.21. The van der Waals surface area contributed by atoms with E-state index in [1.54, 1.807) is 48.5 Å². The third-order valence-electron chi connectivity index (χ3n) is 4.30. The highest BCUT2D eigenvalue weighted by Gasteiger charge is 2.22. The van der Waals surface area contributed by atoms with E-state index in [9.17, 15) is 24.0 Å². The number of ether oxygens (including phenoxy) is 2. The van der Waals surface area contributed by atoms with Crippen LogP contribution in [0.3, 0.4) is 0 Å². The lowest BCUT2D eigenvalue weighted by atomic mass is 10.2. The smallest absolute Gasteiger partial charge is 0.325 e. The molecule has 33 heavy (non-hydrogen) atoms. The molecule has 0 fully saturated rings. The van der Waals surface area contributed by atoms with Gasteiger partial charge in [0, 0.05) is 0 Å². The molecule has 1 atom stereocenters. The van der Waals surface area contributed by atoms with Crippen LogP contribution < -0.4 is 16.0 Å². The predicted molar refractivity (Wildman–Crippen MR) is 116 cm³/mol. The van der Waals surface area contributed by atoms with Crippen LogP contribution in [0.2, 0.25) is 0 Å². The van der Waals surface area contributed by atoms with E-state index in [2.05, 4.69) is 16.0 Å². The van der Waals surface area contributed by atoms with Gasteiger partial charge in [0.25, 0.3) is 0 Å². The molecule has 2 aromatic carbocycles. The van der Waals surface area contributed by atoms with Crippen molar-refractivity contribution in [1.29, 1.82) is 0 Å². The summed E-state index contributed by atoms with van der Waals surface area (Å²) in [6.07, 6.45) is -0.172. The van der Waals surface area contributed by atoms with Crippen molar-refractivity contribution >= 4 is 30.2 Å². The average molecular weight is 455 g/mol. The summed E-state index contributed by atoms with van der Waals surface area (Å²) in [5.74, 6) is -2.74. The minimum absolute atomic E-state index is 0.0499. The van der Waals surface area contributed by atoms with Crippen LogP contribution in [0.4, 0.5) is 0 Å². The number of hydrogen-bond acceptors (Lipinski definition) is 7. The molecule has 2 rings (SSSR count). The Morgan fingerprint density at radius 3 is 1.73 bits per heavy atom. The van der Waals surface area contributed by atoms with Crippen molar-refractivity contribution in [1.82, 2.24) is 16.0 Å². The molecule has 0 spiro atoms. The third kappa shape index (κ3) is 10.1. The minimum atomic E-state index is -1.23. The van der Waals surface area contributed by atoms with Crippen molar-refractivity contribution in [2.45, 2.75) is 25.7 Å². The highest BCUT2D eigenvalue weighted by Crippen LogP contribution is 2.01. The van der Waals surface area contributed by atoms with E-state index in [1.165, 1.54) is 0 Å². The molecule has 0 saturated heterocycles. The number of carbonyl (C=O) groups is 5. The molecular formula is C23H25N3O7. The Kier molecular flexibility index (Phi) is 10.6. The molecular weight excluding hydrogens is 430 g/mol. The number of benzene rings is 2. The number of rotatable bonds is 13. The first kappa shape index (κ1) is 25.1. The van der Waals surface area contributed by atoms with Gasteiger partial charge in [-0.25, -0.2) is 0 Å². The van der Waals surface area contributed by atoms with Crippen LogP contribution in [0, 0.1) is 0 Å². The monoisotopic (exact) mass is 455 g/mol. The van der Waals surface area contributed by atoms with Crippen LogP contribution in [0.5, 0.6) is 0 Å². The third-order valence-corrected chi connectivity index (χ3v) is 4.30. The van der Waals surface area contributed by atoms with E-state index in [4.69, 9.17) is 9.47 Å². The maximum atomic E-state index is 12.2. The first-order valence-corrected chi connectivity index (χ1v) is 10.1. The largest absolute Gasteiger partial charge is 0.460 e. The van der Waals surface area contributed by atoms with Gasteiger partial charge in [0.1, 0.15) is 32.3 Å². The van der Waals surface area contributed by atoms with Gasteiger partial charge < -0.3 is 25.4 Å². The van der Waals surface area contributed by atoms with E-state index in [-0.39, 0.29) is 19.6 Å². The van der Waals surface area contributed by atoms with Gasteiger partial charge in [0.2, 0.25) is 18.2 Å². The molecule has 10 heteroatoms. The topological polar surface area (TPSA) is 140 Å². The first-order valence-electron chi connectivity index (χ1n) is 10.1. The number of carbonyl (C=O) groups excluding carboxylic acids is 5. The van der Waals surface area contributed by atoms with Crippen LogP contribution in [0.15, 0.2) is 60.7 Å². The maximum absolute atomic E-state index is 12.2. The van der Waals surface area contributed by atoms with Gasteiger partial charge in [-0.2, -0.15) is 0 Å². The fourth-order valence-electron chi connectivity index (χ4n) is 2.60. The summed E-state index contributed by atoms with van der Waals surface area (Å²) in [5, 5.41) is 6.84. The minimum Gasteiger partial charge on any atom is -0.460 e. The van der Waals surface area contributed by atoms with E-state index in [0.29, 0.717) is 0 Å². The number of hydrogen-bond donors (Lipinski definition) is 3. The molecule has 0 heterocycles. The van der Waals surface area contributed by atoms with Crippen molar-refractivity contribution < 1.29 is 33.4 Å². The molecule has 3 N–H and O–H groups in total. The van der Waals surface area contributed by atoms with Gasteiger partial charge in [-0.05, 0) is 11.1 Å². The van der Waals surface area contributed by atoms with E-state index in [0.717, 1.165) is 11.1 Å². The lowest BCUT2D eigenvalue weighted by molar-refractivity contribution is -0.146. The van der Waals surface area contributed by atoms with Crippen molar-refractivity contribution in [2.75, 3.05) is 13.1 Å². The van der Waals surface area contributed by atoms with Gasteiger partial charge in [-0.1, -0.05) is 60.7 Å². The Morgan fingerprint density at radius 2 is 1.24 bits per heavy atom. The van der Waals surface area contributed by atoms with E-state index < -0.39 is 49.3 Å². The summed E-state index contributed by atoms with van der Waals surface area (Å²) >= 11 is 0. The van der Waals surface area contributed by atoms with Gasteiger partial charge in [0.15, 0.2) is 0 Å². The molecule has 0 aliphatic heterocycles. The molecule has 174 valence electrons. The first-order chi connectivity index (χ1) is 16.0. The molecule has 1 unspecified atom stereocenters. The van der Waals surface area contributed by atoms with Crippen molar-refractivity contribution in [3.05, 3.63) is 71.8 Å². The summed E-state index contributed by atoms with van der Waals surface area (Å²) in [7, 11) is 0. The van der Waals surface area contributed by atoms with Gasteiger partial charge >= 0.3 is 11.9 Å². The quantitative estimate of drug-likeness (QED) is 0.290.